The highest BCUT2D eigenvalue weighted by atomic mass is 32.3. The molecule has 0 aliphatic heterocycles. The van der Waals surface area contributed by atoms with E-state index in [9.17, 15) is 4.79 Å². The molecule has 0 unspecified atom stereocenters. The first kappa shape index (κ1) is 23.6. The Morgan fingerprint density at radius 2 is 1.70 bits per heavy atom. The van der Waals surface area contributed by atoms with Crippen molar-refractivity contribution in [1.29, 1.82) is 0 Å². The molecule has 0 heterocycles. The second-order valence-electron chi connectivity index (χ2n) is 7.81. The van der Waals surface area contributed by atoms with Crippen LogP contribution < -0.4 is 0 Å². The molecule has 0 bridgehead atoms. The van der Waals surface area contributed by atoms with Crippen LogP contribution in [0.5, 0.6) is 0 Å². The maximum atomic E-state index is 11.1. The number of methoxy groups -OCH3 is 2. The van der Waals surface area contributed by atoms with E-state index < -0.39 is 10.3 Å². The molecule has 4 nitrogen and oxygen atoms in total. The molecule has 0 saturated carbocycles. The van der Waals surface area contributed by atoms with E-state index in [4.69, 9.17) is 8.92 Å². The van der Waals surface area contributed by atoms with Gasteiger partial charge in [0, 0.05) is 30.3 Å². The molecular formula is C22H34O4S. The van der Waals surface area contributed by atoms with Gasteiger partial charge in [-0.3, -0.25) is 4.79 Å². The van der Waals surface area contributed by atoms with Crippen molar-refractivity contribution in [2.45, 2.75) is 58.0 Å². The summed E-state index contributed by atoms with van der Waals surface area (Å²) >= 11 is 0. The van der Waals surface area contributed by atoms with Crippen LogP contribution in [-0.2, 0) is 31.7 Å². The van der Waals surface area contributed by atoms with E-state index in [2.05, 4.69) is 62.0 Å². The molecule has 0 aliphatic rings. The summed E-state index contributed by atoms with van der Waals surface area (Å²) in [4.78, 5) is 11.1. The van der Waals surface area contributed by atoms with Crippen molar-refractivity contribution in [2.75, 3.05) is 26.7 Å². The molecule has 0 fully saturated rings. The quantitative estimate of drug-likeness (QED) is 0.360. The average molecular weight is 395 g/mol. The molecule has 0 aliphatic carbocycles. The maximum absolute atomic E-state index is 11.1. The highest BCUT2D eigenvalue weighted by Crippen LogP contribution is 2.54. The van der Waals surface area contributed by atoms with Gasteiger partial charge in [-0.25, -0.2) is 0 Å². The summed E-state index contributed by atoms with van der Waals surface area (Å²) in [7, 11) is 1.91. The van der Waals surface area contributed by atoms with Crippen LogP contribution in [0.25, 0.3) is 0 Å². The van der Waals surface area contributed by atoms with Gasteiger partial charge in [0.2, 0.25) is 0 Å². The number of unbranched alkanes of at least 4 members (excludes halogenated alkanes) is 1. The minimum Gasteiger partial charge on any atom is -0.469 e. The lowest BCUT2D eigenvalue weighted by Gasteiger charge is -2.43. The smallest absolute Gasteiger partial charge is 0.305 e. The topological polar surface area (TPSA) is 44.8 Å². The fraction of sp³-hybridized carbons (Fsp3) is 0.591. The predicted octanol–water partition coefficient (Wildman–Crippen LogP) is 4.82. The van der Waals surface area contributed by atoms with Gasteiger partial charge in [-0.2, -0.15) is 0 Å². The van der Waals surface area contributed by atoms with Crippen molar-refractivity contribution in [3.8, 4) is 11.8 Å². The second kappa shape index (κ2) is 10.8. The Bertz CT molecular complexity index is 678. The van der Waals surface area contributed by atoms with E-state index in [0.29, 0.717) is 32.5 Å². The minimum absolute atomic E-state index is 0.124. The SMILES string of the molecule is COCc1cc(C#CCCCC(=O)OC)cc(COS(C)(C)C(C)(C)C)c1. The van der Waals surface area contributed by atoms with Crippen LogP contribution in [-0.4, -0.2) is 37.4 Å². The van der Waals surface area contributed by atoms with E-state index in [1.54, 1.807) is 7.11 Å². The van der Waals surface area contributed by atoms with Gasteiger partial charge in [0.05, 0.1) is 20.3 Å². The lowest BCUT2D eigenvalue weighted by atomic mass is 10.1. The van der Waals surface area contributed by atoms with Gasteiger partial charge in [-0.05, 0) is 42.2 Å². The molecule has 5 heteroatoms. The number of carbonyl (C=O) groups is 1. The van der Waals surface area contributed by atoms with Crippen molar-refractivity contribution >= 4 is 16.3 Å². The third kappa shape index (κ3) is 8.38. The zero-order valence-corrected chi connectivity index (χ0v) is 18.6. The van der Waals surface area contributed by atoms with Crippen LogP contribution in [0.15, 0.2) is 18.2 Å². The zero-order valence-electron chi connectivity index (χ0n) is 17.8. The van der Waals surface area contributed by atoms with E-state index in [0.717, 1.165) is 16.7 Å². The fourth-order valence-electron chi connectivity index (χ4n) is 2.15. The monoisotopic (exact) mass is 394 g/mol. The van der Waals surface area contributed by atoms with E-state index in [-0.39, 0.29) is 10.7 Å². The van der Waals surface area contributed by atoms with Gasteiger partial charge in [0.15, 0.2) is 0 Å². The first-order valence-corrected chi connectivity index (χ1v) is 11.5. The molecule has 1 rings (SSSR count). The number of carbonyl (C=O) groups excluding carboxylic acids is 1. The Labute approximate surface area is 166 Å². The number of ether oxygens (including phenoxy) is 2. The Kier molecular flexibility index (Phi) is 9.38. The summed E-state index contributed by atoms with van der Waals surface area (Å²) in [6, 6.07) is 6.23. The average Bonchev–Trinajstić information content (AvgIpc) is 2.58. The Balaban J connectivity index is 2.84. The Hall–Kier alpha value is -1.48. The van der Waals surface area contributed by atoms with Gasteiger partial charge in [-0.15, -0.1) is 10.3 Å². The number of hydrogen-bond donors (Lipinski definition) is 0. The van der Waals surface area contributed by atoms with Gasteiger partial charge in [0.25, 0.3) is 0 Å². The van der Waals surface area contributed by atoms with Crippen LogP contribution >= 0.6 is 10.3 Å². The standard InChI is InChI=1S/C22H34O4S/c1-22(2,3)27(6,7)26-17-20-14-18(13-19(15-20)16-24-4)11-9-8-10-12-21(23)25-5/h13-15H,8,10,12,16-17H2,1-7H3. The van der Waals surface area contributed by atoms with Gasteiger partial charge < -0.3 is 13.7 Å². The van der Waals surface area contributed by atoms with Crippen LogP contribution in [0.4, 0.5) is 0 Å². The largest absolute Gasteiger partial charge is 0.469 e. The minimum atomic E-state index is -1.18. The number of benzene rings is 1. The van der Waals surface area contributed by atoms with E-state index >= 15 is 0 Å². The maximum Gasteiger partial charge on any atom is 0.305 e. The molecule has 0 atom stereocenters. The molecule has 27 heavy (non-hydrogen) atoms. The lowest BCUT2D eigenvalue weighted by molar-refractivity contribution is -0.140. The van der Waals surface area contributed by atoms with Crippen molar-refractivity contribution in [3.05, 3.63) is 34.9 Å². The highest BCUT2D eigenvalue weighted by Gasteiger charge is 2.28. The molecule has 0 spiro atoms. The highest BCUT2D eigenvalue weighted by molar-refractivity contribution is 8.29. The van der Waals surface area contributed by atoms with Crippen LogP contribution in [0, 0.1) is 11.8 Å². The van der Waals surface area contributed by atoms with Crippen molar-refractivity contribution in [3.63, 3.8) is 0 Å². The summed E-state index contributed by atoms with van der Waals surface area (Å²) in [5.74, 6) is 6.14. The zero-order chi connectivity index (χ0) is 20.5. The molecule has 0 aromatic heterocycles. The third-order valence-corrected chi connectivity index (χ3v) is 8.16. The number of rotatable bonds is 8. The van der Waals surface area contributed by atoms with E-state index in [1.165, 1.54) is 7.11 Å². The molecule has 1 aromatic carbocycles. The normalized spacial score (nSPS) is 12.3. The summed E-state index contributed by atoms with van der Waals surface area (Å²) in [5, 5.41) is 0. The lowest BCUT2D eigenvalue weighted by Crippen LogP contribution is -2.25. The Morgan fingerprint density at radius 1 is 1.07 bits per heavy atom. The summed E-state index contributed by atoms with van der Waals surface area (Å²) in [5.41, 5.74) is 3.14. The van der Waals surface area contributed by atoms with Gasteiger partial charge >= 0.3 is 5.97 Å². The van der Waals surface area contributed by atoms with Crippen molar-refractivity contribution in [2.24, 2.45) is 0 Å². The molecule has 0 amide bonds. The summed E-state index contributed by atoms with van der Waals surface area (Å²) < 4.78 is 16.3. The molecule has 1 aromatic rings. The molecule has 0 radical (unpaired) electrons. The van der Waals surface area contributed by atoms with Crippen molar-refractivity contribution in [1.82, 2.24) is 0 Å². The Morgan fingerprint density at radius 3 is 2.26 bits per heavy atom. The number of esters is 1. The molecule has 152 valence electrons. The first-order valence-electron chi connectivity index (χ1n) is 9.14. The van der Waals surface area contributed by atoms with E-state index in [1.807, 2.05) is 6.07 Å². The van der Waals surface area contributed by atoms with Crippen LogP contribution in [0.1, 0.15) is 56.7 Å². The first-order chi connectivity index (χ1) is 12.6. The third-order valence-electron chi connectivity index (χ3n) is 4.50. The molecule has 0 saturated heterocycles. The summed E-state index contributed by atoms with van der Waals surface area (Å²) in [6.45, 7) is 7.76. The predicted molar refractivity (Wildman–Crippen MR) is 114 cm³/mol. The second-order valence-corrected chi connectivity index (χ2v) is 11.7. The fourth-order valence-corrected chi connectivity index (χ4v) is 2.93. The molecule has 0 N–H and O–H groups in total. The molecular weight excluding hydrogens is 360 g/mol. The number of hydrogen-bond acceptors (Lipinski definition) is 4. The van der Waals surface area contributed by atoms with Crippen molar-refractivity contribution < 1.29 is 18.5 Å². The van der Waals surface area contributed by atoms with Crippen LogP contribution in [0.2, 0.25) is 0 Å². The van der Waals surface area contributed by atoms with Gasteiger partial charge in [0.1, 0.15) is 0 Å². The van der Waals surface area contributed by atoms with Gasteiger partial charge in [-0.1, -0.05) is 38.7 Å². The summed E-state index contributed by atoms with van der Waals surface area (Å²) in [6.07, 6.45) is 6.17. The van der Waals surface area contributed by atoms with Crippen LogP contribution in [0.3, 0.4) is 0 Å².